The first-order chi connectivity index (χ1) is 9.29. The molecule has 2 aromatic carbocycles. The molecule has 2 heteroatoms. The van der Waals surface area contributed by atoms with Gasteiger partial charge in [0.2, 0.25) is 0 Å². The van der Waals surface area contributed by atoms with E-state index in [1.807, 2.05) is 12.1 Å². The van der Waals surface area contributed by atoms with Gasteiger partial charge >= 0.3 is 0 Å². The monoisotopic (exact) mass is 252 g/mol. The third-order valence-electron chi connectivity index (χ3n) is 4.06. The standard InChI is InChI=1S/C17H20N2/c1-2-19(17-10-6-5-9-16(17)18)12-14-11-13-7-3-4-8-15(13)14/h3-10,14H,2,11-12,18H2,1H3. The van der Waals surface area contributed by atoms with Gasteiger partial charge in [0, 0.05) is 19.0 Å². The van der Waals surface area contributed by atoms with E-state index in [9.17, 15) is 0 Å². The molecule has 1 unspecified atom stereocenters. The SMILES string of the molecule is CCN(CC1Cc2ccccc21)c1ccccc1N. The van der Waals surface area contributed by atoms with Crippen LogP contribution in [0.3, 0.4) is 0 Å². The van der Waals surface area contributed by atoms with Crippen LogP contribution in [0.4, 0.5) is 11.4 Å². The third kappa shape index (κ3) is 2.19. The Bertz CT molecular complexity index is 577. The normalized spacial score (nSPS) is 16.6. The highest BCUT2D eigenvalue weighted by Gasteiger charge is 2.27. The third-order valence-corrected chi connectivity index (χ3v) is 4.06. The Morgan fingerprint density at radius 1 is 1.11 bits per heavy atom. The number of fused-ring (bicyclic) bond motifs is 1. The molecular weight excluding hydrogens is 232 g/mol. The van der Waals surface area contributed by atoms with Crippen LogP contribution < -0.4 is 10.6 Å². The number of hydrogen-bond donors (Lipinski definition) is 1. The van der Waals surface area contributed by atoms with Gasteiger partial charge in [-0.15, -0.1) is 0 Å². The number of nitrogens with zero attached hydrogens (tertiary/aromatic N) is 1. The maximum Gasteiger partial charge on any atom is 0.0600 e. The van der Waals surface area contributed by atoms with Gasteiger partial charge in [0.05, 0.1) is 11.4 Å². The summed E-state index contributed by atoms with van der Waals surface area (Å²) in [6.07, 6.45) is 1.19. The topological polar surface area (TPSA) is 29.3 Å². The molecule has 2 aromatic rings. The first-order valence-corrected chi connectivity index (χ1v) is 6.97. The molecule has 0 aliphatic heterocycles. The van der Waals surface area contributed by atoms with Crippen molar-refractivity contribution in [3.8, 4) is 0 Å². The highest BCUT2D eigenvalue weighted by Crippen LogP contribution is 2.36. The number of nitrogens with two attached hydrogens (primary N) is 1. The van der Waals surface area contributed by atoms with E-state index in [0.29, 0.717) is 5.92 Å². The quantitative estimate of drug-likeness (QED) is 0.845. The van der Waals surface area contributed by atoms with Crippen molar-refractivity contribution in [3.05, 3.63) is 59.7 Å². The first-order valence-electron chi connectivity index (χ1n) is 6.97. The van der Waals surface area contributed by atoms with Crippen molar-refractivity contribution < 1.29 is 0 Å². The zero-order chi connectivity index (χ0) is 13.2. The Balaban J connectivity index is 1.78. The van der Waals surface area contributed by atoms with Crippen molar-refractivity contribution in [1.29, 1.82) is 0 Å². The molecule has 2 N–H and O–H groups in total. The zero-order valence-electron chi connectivity index (χ0n) is 11.3. The first kappa shape index (κ1) is 12.1. The molecule has 0 radical (unpaired) electrons. The molecule has 0 spiro atoms. The van der Waals surface area contributed by atoms with Crippen LogP contribution in [0.5, 0.6) is 0 Å². The molecule has 0 heterocycles. The number of anilines is 2. The molecule has 98 valence electrons. The van der Waals surface area contributed by atoms with Gasteiger partial charge in [0.1, 0.15) is 0 Å². The van der Waals surface area contributed by atoms with Gasteiger partial charge in [-0.05, 0) is 36.6 Å². The highest BCUT2D eigenvalue weighted by molar-refractivity contribution is 5.67. The fourth-order valence-electron chi connectivity index (χ4n) is 2.96. The van der Waals surface area contributed by atoms with E-state index >= 15 is 0 Å². The molecule has 0 aromatic heterocycles. The van der Waals surface area contributed by atoms with E-state index < -0.39 is 0 Å². The lowest BCUT2D eigenvalue weighted by Crippen LogP contribution is -2.33. The molecular formula is C17H20N2. The number of likely N-dealkylation sites (N-methyl/N-ethyl adjacent to an activating group) is 1. The smallest absolute Gasteiger partial charge is 0.0600 e. The van der Waals surface area contributed by atoms with E-state index in [0.717, 1.165) is 24.5 Å². The van der Waals surface area contributed by atoms with Gasteiger partial charge in [0.25, 0.3) is 0 Å². The van der Waals surface area contributed by atoms with E-state index in [2.05, 4.69) is 48.2 Å². The van der Waals surface area contributed by atoms with Gasteiger partial charge in [-0.3, -0.25) is 0 Å². The number of benzene rings is 2. The summed E-state index contributed by atoms with van der Waals surface area (Å²) in [7, 11) is 0. The predicted octanol–water partition coefficient (Wildman–Crippen LogP) is 3.44. The fourth-order valence-corrected chi connectivity index (χ4v) is 2.96. The number of para-hydroxylation sites is 2. The summed E-state index contributed by atoms with van der Waals surface area (Å²) in [5.74, 6) is 0.649. The molecule has 1 atom stereocenters. The van der Waals surface area contributed by atoms with Crippen LogP contribution in [0.1, 0.15) is 24.0 Å². The Kier molecular flexibility index (Phi) is 3.16. The Morgan fingerprint density at radius 3 is 2.58 bits per heavy atom. The number of nitrogen functional groups attached to an aromatic ring is 1. The molecule has 3 rings (SSSR count). The minimum Gasteiger partial charge on any atom is -0.397 e. The molecule has 0 bridgehead atoms. The van der Waals surface area contributed by atoms with Crippen molar-refractivity contribution in [3.63, 3.8) is 0 Å². The van der Waals surface area contributed by atoms with Crippen molar-refractivity contribution in [2.24, 2.45) is 0 Å². The summed E-state index contributed by atoms with van der Waals surface area (Å²) in [6, 6.07) is 16.9. The fraction of sp³-hybridized carbons (Fsp3) is 0.294. The predicted molar refractivity (Wildman–Crippen MR) is 81.6 cm³/mol. The Morgan fingerprint density at radius 2 is 1.84 bits per heavy atom. The molecule has 0 amide bonds. The van der Waals surface area contributed by atoms with Crippen LogP contribution in [-0.2, 0) is 6.42 Å². The van der Waals surface area contributed by atoms with Crippen molar-refractivity contribution in [2.45, 2.75) is 19.3 Å². The van der Waals surface area contributed by atoms with Gasteiger partial charge in [0.15, 0.2) is 0 Å². The maximum atomic E-state index is 6.09. The van der Waals surface area contributed by atoms with Crippen LogP contribution in [0.15, 0.2) is 48.5 Å². The largest absolute Gasteiger partial charge is 0.397 e. The lowest BCUT2D eigenvalue weighted by Gasteiger charge is -2.36. The summed E-state index contributed by atoms with van der Waals surface area (Å²) in [6.45, 7) is 4.24. The van der Waals surface area contributed by atoms with E-state index in [-0.39, 0.29) is 0 Å². The Hall–Kier alpha value is -1.96. The minimum atomic E-state index is 0.649. The Labute approximate surface area is 114 Å². The molecule has 0 fully saturated rings. The number of hydrogen-bond acceptors (Lipinski definition) is 2. The molecule has 19 heavy (non-hydrogen) atoms. The van der Waals surface area contributed by atoms with Crippen molar-refractivity contribution >= 4 is 11.4 Å². The minimum absolute atomic E-state index is 0.649. The summed E-state index contributed by atoms with van der Waals surface area (Å²) in [4.78, 5) is 2.38. The van der Waals surface area contributed by atoms with Gasteiger partial charge in [-0.25, -0.2) is 0 Å². The van der Waals surface area contributed by atoms with Crippen LogP contribution in [0.25, 0.3) is 0 Å². The molecule has 0 saturated heterocycles. The van der Waals surface area contributed by atoms with Gasteiger partial charge in [-0.2, -0.15) is 0 Å². The molecule has 0 saturated carbocycles. The second-order valence-electron chi connectivity index (χ2n) is 5.20. The zero-order valence-corrected chi connectivity index (χ0v) is 11.3. The summed E-state index contributed by atoms with van der Waals surface area (Å²) < 4.78 is 0. The maximum absolute atomic E-state index is 6.09. The summed E-state index contributed by atoms with van der Waals surface area (Å²) >= 11 is 0. The van der Waals surface area contributed by atoms with Crippen molar-refractivity contribution in [2.75, 3.05) is 23.7 Å². The van der Waals surface area contributed by atoms with Gasteiger partial charge in [-0.1, -0.05) is 36.4 Å². The van der Waals surface area contributed by atoms with E-state index in [4.69, 9.17) is 5.73 Å². The van der Waals surface area contributed by atoms with Crippen LogP contribution in [-0.4, -0.2) is 13.1 Å². The summed E-state index contributed by atoms with van der Waals surface area (Å²) in [5, 5.41) is 0. The van der Waals surface area contributed by atoms with Crippen LogP contribution in [0, 0.1) is 0 Å². The van der Waals surface area contributed by atoms with E-state index in [1.54, 1.807) is 0 Å². The molecule has 1 aliphatic rings. The summed E-state index contributed by atoms with van der Waals surface area (Å²) in [5.41, 5.74) is 11.1. The highest BCUT2D eigenvalue weighted by atomic mass is 15.1. The molecule has 2 nitrogen and oxygen atoms in total. The van der Waals surface area contributed by atoms with Crippen LogP contribution >= 0.6 is 0 Å². The van der Waals surface area contributed by atoms with Crippen molar-refractivity contribution in [1.82, 2.24) is 0 Å². The van der Waals surface area contributed by atoms with E-state index in [1.165, 1.54) is 17.5 Å². The second kappa shape index (κ2) is 4.96. The number of rotatable bonds is 4. The average Bonchev–Trinajstić information content (AvgIpc) is 2.42. The average molecular weight is 252 g/mol. The van der Waals surface area contributed by atoms with Gasteiger partial charge < -0.3 is 10.6 Å². The molecule has 1 aliphatic carbocycles. The second-order valence-corrected chi connectivity index (χ2v) is 5.20. The lowest BCUT2D eigenvalue weighted by molar-refractivity contribution is 0.588. The lowest BCUT2D eigenvalue weighted by atomic mass is 9.77. The van der Waals surface area contributed by atoms with Crippen LogP contribution in [0.2, 0.25) is 0 Å².